The molecule has 1 N–H and O–H groups in total. The third-order valence-corrected chi connectivity index (χ3v) is 4.64. The van der Waals surface area contributed by atoms with E-state index in [9.17, 15) is 4.79 Å². The van der Waals surface area contributed by atoms with E-state index in [1.54, 1.807) is 11.8 Å². The molecule has 25 heavy (non-hydrogen) atoms. The Balaban J connectivity index is 1.72. The van der Waals surface area contributed by atoms with E-state index in [0.717, 1.165) is 30.0 Å². The van der Waals surface area contributed by atoms with Gasteiger partial charge in [0.2, 0.25) is 0 Å². The van der Waals surface area contributed by atoms with Crippen LogP contribution in [0.1, 0.15) is 44.5 Å². The predicted molar refractivity (Wildman–Crippen MR) is 98.0 cm³/mol. The highest BCUT2D eigenvalue weighted by atomic mass is 16.5. The number of nitrogens with one attached hydrogen (secondary N) is 1. The lowest BCUT2D eigenvalue weighted by molar-refractivity contribution is 0.126. The number of aryl methyl sites for hydroxylation is 1. The number of ether oxygens (including phenoxy) is 1. The van der Waals surface area contributed by atoms with Gasteiger partial charge in [0.1, 0.15) is 11.6 Å². The van der Waals surface area contributed by atoms with E-state index in [1.165, 1.54) is 0 Å². The van der Waals surface area contributed by atoms with Crippen LogP contribution in [0.5, 0.6) is 5.75 Å². The Morgan fingerprint density at radius 3 is 2.64 bits per heavy atom. The van der Waals surface area contributed by atoms with Crippen molar-refractivity contribution < 1.29 is 9.53 Å². The fraction of sp³-hybridized carbons (Fsp3) is 0.474. The number of rotatable bonds is 3. The highest BCUT2D eigenvalue weighted by Gasteiger charge is 2.34. The van der Waals surface area contributed by atoms with Gasteiger partial charge in [0, 0.05) is 25.1 Å². The molecule has 6 heteroatoms. The Hall–Kier alpha value is -2.50. The van der Waals surface area contributed by atoms with Crippen molar-refractivity contribution in [3.05, 3.63) is 41.6 Å². The van der Waals surface area contributed by atoms with Gasteiger partial charge in [-0.2, -0.15) is 5.10 Å². The second-order valence-electron chi connectivity index (χ2n) is 7.49. The zero-order valence-electron chi connectivity index (χ0n) is 15.5. The molecule has 134 valence electrons. The lowest BCUT2D eigenvalue weighted by Crippen LogP contribution is -2.47. The molecule has 1 atom stereocenters. The fourth-order valence-electron chi connectivity index (χ4n) is 2.96. The maximum atomic E-state index is 12.7. The van der Waals surface area contributed by atoms with Crippen molar-refractivity contribution in [2.75, 3.05) is 19.0 Å². The van der Waals surface area contributed by atoms with Crippen LogP contribution in [-0.4, -0.2) is 34.4 Å². The Bertz CT molecular complexity index is 776. The summed E-state index contributed by atoms with van der Waals surface area (Å²) in [4.78, 5) is 14.5. The number of methoxy groups -OCH3 is 1. The molecule has 0 unspecified atom stereocenters. The fourth-order valence-corrected chi connectivity index (χ4v) is 2.96. The minimum atomic E-state index is -0.0949. The number of anilines is 1. The molecule has 1 aliphatic heterocycles. The molecule has 2 aromatic rings. The van der Waals surface area contributed by atoms with Crippen molar-refractivity contribution in [2.24, 2.45) is 7.05 Å². The highest BCUT2D eigenvalue weighted by Crippen LogP contribution is 2.35. The number of hydrogen-bond acceptors (Lipinski definition) is 3. The average molecular weight is 342 g/mol. The van der Waals surface area contributed by atoms with Gasteiger partial charge in [-0.3, -0.25) is 10.00 Å². The molecule has 1 saturated heterocycles. The lowest BCUT2D eigenvalue weighted by Gasteiger charge is -2.41. The third kappa shape index (κ3) is 3.48. The van der Waals surface area contributed by atoms with Crippen LogP contribution in [0.4, 0.5) is 10.6 Å². The minimum absolute atomic E-state index is 0.0549. The summed E-state index contributed by atoms with van der Waals surface area (Å²) in [6.45, 7) is 7.07. The van der Waals surface area contributed by atoms with Crippen molar-refractivity contribution in [2.45, 2.75) is 38.6 Å². The molecule has 2 heterocycles. The Labute approximate surface area is 148 Å². The molecule has 6 nitrogen and oxygen atoms in total. The molecule has 0 radical (unpaired) electrons. The second kappa shape index (κ2) is 6.43. The number of aromatic nitrogens is 2. The number of hydrogen-bond donors (Lipinski definition) is 1. The van der Waals surface area contributed by atoms with Crippen LogP contribution >= 0.6 is 0 Å². The smallest absolute Gasteiger partial charge is 0.323 e. The number of likely N-dealkylation sites (tertiary alicyclic amines) is 1. The molecule has 0 spiro atoms. The summed E-state index contributed by atoms with van der Waals surface area (Å²) in [6.07, 6.45) is 0.958. The van der Waals surface area contributed by atoms with E-state index < -0.39 is 0 Å². The van der Waals surface area contributed by atoms with Crippen LogP contribution in [0.25, 0.3) is 0 Å². The molecule has 0 saturated carbocycles. The molecule has 1 fully saturated rings. The van der Waals surface area contributed by atoms with Crippen LogP contribution in [0.3, 0.4) is 0 Å². The first kappa shape index (κ1) is 17.3. The van der Waals surface area contributed by atoms with E-state index in [0.29, 0.717) is 5.82 Å². The second-order valence-corrected chi connectivity index (χ2v) is 7.49. The van der Waals surface area contributed by atoms with Gasteiger partial charge in [-0.15, -0.1) is 0 Å². The summed E-state index contributed by atoms with van der Waals surface area (Å²) in [6, 6.07) is 9.83. The van der Waals surface area contributed by atoms with Gasteiger partial charge < -0.3 is 9.64 Å². The highest BCUT2D eigenvalue weighted by molar-refractivity contribution is 5.89. The normalized spacial score (nSPS) is 17.2. The standard InChI is InChI=1S/C19H26N4O2/c1-19(2,3)16-12-17(22(4)21-16)20-18(24)23-10-9-15(23)13-7-6-8-14(11-13)25-5/h6-8,11-12,15H,9-10H2,1-5H3,(H,20,24)/t15-/m1/s1. The van der Waals surface area contributed by atoms with Crippen LogP contribution < -0.4 is 10.1 Å². The lowest BCUT2D eigenvalue weighted by atomic mass is 9.92. The van der Waals surface area contributed by atoms with E-state index in [2.05, 4.69) is 31.2 Å². The van der Waals surface area contributed by atoms with E-state index >= 15 is 0 Å². The first-order valence-electron chi connectivity index (χ1n) is 8.55. The summed E-state index contributed by atoms with van der Waals surface area (Å²) in [5.74, 6) is 1.53. The minimum Gasteiger partial charge on any atom is -0.497 e. The Kier molecular flexibility index (Phi) is 4.45. The van der Waals surface area contributed by atoms with E-state index in [1.807, 2.05) is 42.3 Å². The molecular formula is C19H26N4O2. The largest absolute Gasteiger partial charge is 0.497 e. The van der Waals surface area contributed by atoms with Crippen molar-refractivity contribution >= 4 is 11.8 Å². The number of benzene rings is 1. The molecule has 0 bridgehead atoms. The molecule has 1 aliphatic rings. The number of carbonyl (C=O) groups is 1. The van der Waals surface area contributed by atoms with Gasteiger partial charge in [0.25, 0.3) is 0 Å². The van der Waals surface area contributed by atoms with Crippen LogP contribution in [0, 0.1) is 0 Å². The summed E-state index contributed by atoms with van der Waals surface area (Å²) in [7, 11) is 3.50. The summed E-state index contributed by atoms with van der Waals surface area (Å²) >= 11 is 0. The summed E-state index contributed by atoms with van der Waals surface area (Å²) in [5, 5.41) is 7.49. The van der Waals surface area contributed by atoms with E-state index in [4.69, 9.17) is 4.74 Å². The van der Waals surface area contributed by atoms with Gasteiger partial charge in [0.05, 0.1) is 18.8 Å². The topological polar surface area (TPSA) is 59.4 Å². The zero-order valence-corrected chi connectivity index (χ0v) is 15.5. The SMILES string of the molecule is COc1cccc([C@H]2CCN2C(=O)Nc2cc(C(C)(C)C)nn2C)c1. The van der Waals surface area contributed by atoms with Crippen molar-refractivity contribution in [1.82, 2.24) is 14.7 Å². The zero-order chi connectivity index (χ0) is 18.2. The van der Waals surface area contributed by atoms with Crippen LogP contribution in [0.2, 0.25) is 0 Å². The average Bonchev–Trinajstić information content (AvgIpc) is 2.87. The first-order chi connectivity index (χ1) is 11.8. The summed E-state index contributed by atoms with van der Waals surface area (Å²) < 4.78 is 7.01. The quantitative estimate of drug-likeness (QED) is 0.925. The van der Waals surface area contributed by atoms with Gasteiger partial charge in [-0.25, -0.2) is 4.79 Å². The number of amides is 2. The van der Waals surface area contributed by atoms with Crippen LogP contribution in [-0.2, 0) is 12.5 Å². The molecular weight excluding hydrogens is 316 g/mol. The van der Waals surface area contributed by atoms with Crippen molar-refractivity contribution in [1.29, 1.82) is 0 Å². The molecule has 0 aliphatic carbocycles. The molecule has 2 amide bonds. The van der Waals surface area contributed by atoms with Gasteiger partial charge >= 0.3 is 6.03 Å². The van der Waals surface area contributed by atoms with Gasteiger partial charge in [-0.05, 0) is 24.1 Å². The van der Waals surface area contributed by atoms with Crippen molar-refractivity contribution in [3.8, 4) is 5.75 Å². The number of urea groups is 1. The monoisotopic (exact) mass is 342 g/mol. The van der Waals surface area contributed by atoms with Gasteiger partial charge in [0.15, 0.2) is 0 Å². The number of carbonyl (C=O) groups excluding carboxylic acids is 1. The Morgan fingerprint density at radius 2 is 2.08 bits per heavy atom. The molecule has 1 aromatic heterocycles. The maximum absolute atomic E-state index is 12.7. The predicted octanol–water partition coefficient (Wildman–Crippen LogP) is 3.71. The maximum Gasteiger partial charge on any atom is 0.323 e. The van der Waals surface area contributed by atoms with Gasteiger partial charge in [-0.1, -0.05) is 32.9 Å². The third-order valence-electron chi connectivity index (χ3n) is 4.64. The summed E-state index contributed by atoms with van der Waals surface area (Å²) in [5.41, 5.74) is 2.00. The van der Waals surface area contributed by atoms with Crippen LogP contribution in [0.15, 0.2) is 30.3 Å². The van der Waals surface area contributed by atoms with E-state index in [-0.39, 0.29) is 17.5 Å². The van der Waals surface area contributed by atoms with Crippen molar-refractivity contribution in [3.63, 3.8) is 0 Å². The first-order valence-corrected chi connectivity index (χ1v) is 8.55. The molecule has 3 rings (SSSR count). The molecule has 1 aromatic carbocycles. The number of nitrogens with zero attached hydrogens (tertiary/aromatic N) is 3. The Morgan fingerprint density at radius 1 is 1.32 bits per heavy atom.